The average Bonchev–Trinajstić information content (AvgIpc) is 3.33. The first-order valence-electron chi connectivity index (χ1n) is 8.30. The van der Waals surface area contributed by atoms with E-state index >= 15 is 0 Å². The fourth-order valence-corrected chi connectivity index (χ4v) is 3.58. The van der Waals surface area contributed by atoms with E-state index < -0.39 is 0 Å². The Bertz CT molecular complexity index is 472. The van der Waals surface area contributed by atoms with Gasteiger partial charge < -0.3 is 15.0 Å². The predicted octanol–water partition coefficient (Wildman–Crippen LogP) is 2.70. The molecule has 1 unspecified atom stereocenters. The molecule has 1 aromatic rings. The summed E-state index contributed by atoms with van der Waals surface area (Å²) in [6.07, 6.45) is 5.19. The van der Waals surface area contributed by atoms with Crippen LogP contribution in [0.5, 0.6) is 5.75 Å². The summed E-state index contributed by atoms with van der Waals surface area (Å²) in [4.78, 5) is 2.65. The molecular weight excluding hydrogens is 260 g/mol. The van der Waals surface area contributed by atoms with Crippen molar-refractivity contribution in [2.75, 3.05) is 33.3 Å². The van der Waals surface area contributed by atoms with E-state index in [9.17, 15) is 0 Å². The van der Waals surface area contributed by atoms with Gasteiger partial charge in [0.1, 0.15) is 5.75 Å². The number of hydrogen-bond donors (Lipinski definition) is 1. The standard InChI is InChI=1S/C18H28N2O/c1-18(16-7-8-16)14-20(11-4-10-19-18)12-9-15-5-3-6-17(13-15)21-2/h3,5-6,13,16,19H,4,7-12,14H2,1-2H3. The summed E-state index contributed by atoms with van der Waals surface area (Å²) in [5, 5.41) is 3.80. The second kappa shape index (κ2) is 6.37. The van der Waals surface area contributed by atoms with Crippen LogP contribution in [-0.4, -0.2) is 43.7 Å². The fourth-order valence-electron chi connectivity index (χ4n) is 3.58. The van der Waals surface area contributed by atoms with Gasteiger partial charge in [0.25, 0.3) is 0 Å². The quantitative estimate of drug-likeness (QED) is 0.901. The maximum Gasteiger partial charge on any atom is 0.119 e. The molecule has 1 atom stereocenters. The van der Waals surface area contributed by atoms with Gasteiger partial charge in [0.15, 0.2) is 0 Å². The molecule has 0 amide bonds. The molecule has 0 spiro atoms. The third-order valence-electron chi connectivity index (χ3n) is 5.06. The smallest absolute Gasteiger partial charge is 0.119 e. The Balaban J connectivity index is 1.58. The third-order valence-corrected chi connectivity index (χ3v) is 5.06. The minimum absolute atomic E-state index is 0.338. The maximum absolute atomic E-state index is 5.32. The summed E-state index contributed by atoms with van der Waals surface area (Å²) >= 11 is 0. The van der Waals surface area contributed by atoms with Gasteiger partial charge in [0, 0.05) is 18.6 Å². The van der Waals surface area contributed by atoms with Crippen molar-refractivity contribution in [2.45, 2.75) is 38.1 Å². The molecule has 0 aromatic heterocycles. The van der Waals surface area contributed by atoms with E-state index in [1.165, 1.54) is 44.5 Å². The molecule has 3 rings (SSSR count). The zero-order valence-corrected chi connectivity index (χ0v) is 13.4. The number of benzene rings is 1. The molecule has 1 N–H and O–H groups in total. The van der Waals surface area contributed by atoms with Crippen molar-refractivity contribution < 1.29 is 4.74 Å². The molecule has 1 saturated heterocycles. The van der Waals surface area contributed by atoms with Crippen LogP contribution in [0.2, 0.25) is 0 Å². The molecule has 2 aliphatic rings. The minimum Gasteiger partial charge on any atom is -0.497 e. The molecule has 3 nitrogen and oxygen atoms in total. The summed E-state index contributed by atoms with van der Waals surface area (Å²) < 4.78 is 5.32. The molecular formula is C18H28N2O. The number of nitrogens with zero attached hydrogens (tertiary/aromatic N) is 1. The van der Waals surface area contributed by atoms with Crippen LogP contribution in [0, 0.1) is 5.92 Å². The highest BCUT2D eigenvalue weighted by molar-refractivity contribution is 5.28. The first kappa shape index (κ1) is 14.9. The number of nitrogens with one attached hydrogen (secondary N) is 1. The lowest BCUT2D eigenvalue weighted by Gasteiger charge is -2.34. The lowest BCUT2D eigenvalue weighted by Crippen LogP contribution is -2.51. The average molecular weight is 288 g/mol. The minimum atomic E-state index is 0.338. The molecule has 1 heterocycles. The number of hydrogen-bond acceptors (Lipinski definition) is 3. The van der Waals surface area contributed by atoms with Gasteiger partial charge in [-0.25, -0.2) is 0 Å². The van der Waals surface area contributed by atoms with Crippen molar-refractivity contribution in [3.8, 4) is 5.75 Å². The molecule has 116 valence electrons. The highest BCUT2D eigenvalue weighted by atomic mass is 16.5. The van der Waals surface area contributed by atoms with Gasteiger partial charge in [-0.3, -0.25) is 0 Å². The third kappa shape index (κ3) is 3.78. The van der Waals surface area contributed by atoms with Crippen LogP contribution in [0.25, 0.3) is 0 Å². The highest BCUT2D eigenvalue weighted by Gasteiger charge is 2.42. The van der Waals surface area contributed by atoms with Crippen LogP contribution in [-0.2, 0) is 6.42 Å². The summed E-state index contributed by atoms with van der Waals surface area (Å²) in [6, 6.07) is 8.48. The zero-order valence-electron chi connectivity index (χ0n) is 13.4. The largest absolute Gasteiger partial charge is 0.497 e. The molecule has 1 aromatic carbocycles. The lowest BCUT2D eigenvalue weighted by molar-refractivity contribution is 0.203. The molecule has 1 aliphatic heterocycles. The van der Waals surface area contributed by atoms with E-state index in [-0.39, 0.29) is 0 Å². The SMILES string of the molecule is COc1cccc(CCN2CCCNC(C)(C3CC3)C2)c1. The Morgan fingerprint density at radius 2 is 2.24 bits per heavy atom. The fraction of sp³-hybridized carbons (Fsp3) is 0.667. The first-order chi connectivity index (χ1) is 10.2. The van der Waals surface area contributed by atoms with Crippen molar-refractivity contribution >= 4 is 0 Å². The Kier molecular flexibility index (Phi) is 4.51. The highest BCUT2D eigenvalue weighted by Crippen LogP contribution is 2.40. The molecule has 3 heteroatoms. The van der Waals surface area contributed by atoms with E-state index in [0.29, 0.717) is 5.54 Å². The number of rotatable bonds is 5. The molecule has 1 aliphatic carbocycles. The van der Waals surface area contributed by atoms with Crippen molar-refractivity contribution in [3.63, 3.8) is 0 Å². The lowest BCUT2D eigenvalue weighted by atomic mass is 9.95. The van der Waals surface area contributed by atoms with Gasteiger partial charge in [0.05, 0.1) is 7.11 Å². The van der Waals surface area contributed by atoms with E-state index in [4.69, 9.17) is 4.74 Å². The van der Waals surface area contributed by atoms with Crippen LogP contribution in [0.4, 0.5) is 0 Å². The first-order valence-corrected chi connectivity index (χ1v) is 8.30. The van der Waals surface area contributed by atoms with Gasteiger partial charge in [-0.05, 0) is 69.3 Å². The maximum atomic E-state index is 5.32. The Morgan fingerprint density at radius 1 is 1.38 bits per heavy atom. The van der Waals surface area contributed by atoms with E-state index in [1.807, 2.05) is 6.07 Å². The Hall–Kier alpha value is -1.06. The number of methoxy groups -OCH3 is 1. The Morgan fingerprint density at radius 3 is 3.00 bits per heavy atom. The van der Waals surface area contributed by atoms with E-state index in [1.54, 1.807) is 7.11 Å². The number of ether oxygens (including phenoxy) is 1. The molecule has 0 radical (unpaired) electrons. The normalized spacial score (nSPS) is 27.3. The summed E-state index contributed by atoms with van der Waals surface area (Å²) in [6.45, 7) is 7.16. The van der Waals surface area contributed by atoms with Gasteiger partial charge in [-0.2, -0.15) is 0 Å². The second-order valence-electron chi connectivity index (χ2n) is 6.85. The topological polar surface area (TPSA) is 24.5 Å². The monoisotopic (exact) mass is 288 g/mol. The van der Waals surface area contributed by atoms with Gasteiger partial charge in [0.2, 0.25) is 0 Å². The zero-order chi connectivity index (χ0) is 14.7. The van der Waals surface area contributed by atoms with E-state index in [2.05, 4.69) is 35.3 Å². The second-order valence-corrected chi connectivity index (χ2v) is 6.85. The molecule has 1 saturated carbocycles. The Labute approximate surface area is 128 Å². The van der Waals surface area contributed by atoms with Crippen molar-refractivity contribution in [1.29, 1.82) is 0 Å². The van der Waals surface area contributed by atoms with Crippen LogP contribution >= 0.6 is 0 Å². The van der Waals surface area contributed by atoms with Crippen molar-refractivity contribution in [2.24, 2.45) is 5.92 Å². The molecule has 2 fully saturated rings. The molecule has 0 bridgehead atoms. The summed E-state index contributed by atoms with van der Waals surface area (Å²) in [5.41, 5.74) is 1.71. The van der Waals surface area contributed by atoms with Crippen LogP contribution in [0.1, 0.15) is 31.7 Å². The van der Waals surface area contributed by atoms with Gasteiger partial charge in [-0.1, -0.05) is 12.1 Å². The van der Waals surface area contributed by atoms with Crippen LogP contribution in [0.3, 0.4) is 0 Å². The van der Waals surface area contributed by atoms with Crippen LogP contribution in [0.15, 0.2) is 24.3 Å². The summed E-state index contributed by atoms with van der Waals surface area (Å²) in [5.74, 6) is 1.86. The predicted molar refractivity (Wildman–Crippen MR) is 86.9 cm³/mol. The molecule has 21 heavy (non-hydrogen) atoms. The van der Waals surface area contributed by atoms with Crippen molar-refractivity contribution in [1.82, 2.24) is 10.2 Å². The van der Waals surface area contributed by atoms with Crippen molar-refractivity contribution in [3.05, 3.63) is 29.8 Å². The van der Waals surface area contributed by atoms with Crippen LogP contribution < -0.4 is 10.1 Å². The van der Waals surface area contributed by atoms with E-state index in [0.717, 1.165) is 24.6 Å². The summed E-state index contributed by atoms with van der Waals surface area (Å²) in [7, 11) is 1.74. The van der Waals surface area contributed by atoms with Gasteiger partial charge >= 0.3 is 0 Å². The van der Waals surface area contributed by atoms with Gasteiger partial charge in [-0.15, -0.1) is 0 Å².